The van der Waals surface area contributed by atoms with Gasteiger partial charge in [0.1, 0.15) is 6.17 Å². The van der Waals surface area contributed by atoms with Crippen molar-refractivity contribution in [2.24, 2.45) is 0 Å². The summed E-state index contributed by atoms with van der Waals surface area (Å²) in [5, 5.41) is 10.2. The van der Waals surface area contributed by atoms with Gasteiger partial charge in [-0.15, -0.1) is 0 Å². The summed E-state index contributed by atoms with van der Waals surface area (Å²) in [4.78, 5) is 22.5. The van der Waals surface area contributed by atoms with Gasteiger partial charge in [-0.2, -0.15) is 0 Å². The second kappa shape index (κ2) is 11.0. The zero-order valence-corrected chi connectivity index (χ0v) is 12.9. The molecule has 6 heteroatoms. The van der Waals surface area contributed by atoms with E-state index < -0.39 is 24.6 Å². The third kappa shape index (κ3) is 10.7. The molecule has 0 aliphatic carbocycles. The molecule has 0 radical (unpaired) electrons. The smallest absolute Gasteiger partial charge is 0.548 e. The first-order chi connectivity index (χ1) is 7.47. The molecule has 1 unspecified atom stereocenters. The molecule has 0 aliphatic heterocycles. The van der Waals surface area contributed by atoms with Gasteiger partial charge >= 0.3 is 29.6 Å². The maximum absolute atomic E-state index is 13.3. The van der Waals surface area contributed by atoms with Crippen molar-refractivity contribution in [1.29, 1.82) is 0 Å². The van der Waals surface area contributed by atoms with Crippen molar-refractivity contribution in [3.63, 3.8) is 0 Å². The fraction of sp³-hybridized carbons (Fsp3) is 0.818. The van der Waals surface area contributed by atoms with Crippen LogP contribution in [0.3, 0.4) is 0 Å². The van der Waals surface area contributed by atoms with Crippen LogP contribution >= 0.6 is 0 Å². The molecule has 0 bridgehead atoms. The molecule has 0 aliphatic rings. The number of nitrogens with zero attached hydrogens (tertiary/aromatic N) is 1. The zero-order valence-electron chi connectivity index (χ0n) is 10.9. The average molecular weight is 255 g/mol. The van der Waals surface area contributed by atoms with Gasteiger partial charge in [0.2, 0.25) is 5.91 Å². The number of hydrogen-bond donors (Lipinski definition) is 0. The number of likely N-dealkylation sites (N-methyl/N-ethyl adjacent to an activating group) is 1. The Kier molecular flexibility index (Phi) is 12.4. The van der Waals surface area contributed by atoms with Gasteiger partial charge < -0.3 is 14.8 Å². The predicted molar refractivity (Wildman–Crippen MR) is 56.3 cm³/mol. The molecule has 0 saturated heterocycles. The number of carbonyl (C=O) groups excluding carboxylic acids is 2. The van der Waals surface area contributed by atoms with Crippen molar-refractivity contribution in [3.8, 4) is 0 Å². The minimum absolute atomic E-state index is 0. The zero-order chi connectivity index (χ0) is 12.6. The van der Waals surface area contributed by atoms with E-state index in [-0.39, 0.29) is 36.0 Å². The molecule has 0 N–H and O–H groups in total. The van der Waals surface area contributed by atoms with Crippen molar-refractivity contribution in [2.75, 3.05) is 13.6 Å². The molecule has 1 atom stereocenters. The van der Waals surface area contributed by atoms with Gasteiger partial charge in [-0.1, -0.05) is 26.2 Å². The largest absolute Gasteiger partial charge is 1.00 e. The molecule has 17 heavy (non-hydrogen) atoms. The van der Waals surface area contributed by atoms with Crippen LogP contribution in [0.1, 0.15) is 39.0 Å². The summed E-state index contributed by atoms with van der Waals surface area (Å²) in [6.07, 6.45) is 1.65. The van der Waals surface area contributed by atoms with E-state index in [1.165, 1.54) is 7.05 Å². The summed E-state index contributed by atoms with van der Waals surface area (Å²) in [5.74, 6) is -1.83. The molecule has 0 spiro atoms. The van der Waals surface area contributed by atoms with Crippen LogP contribution in [-0.2, 0) is 9.59 Å². The number of rotatable bonds is 8. The maximum atomic E-state index is 13.3. The molecule has 0 aromatic heterocycles. The van der Waals surface area contributed by atoms with Crippen LogP contribution in [0.25, 0.3) is 0 Å². The van der Waals surface area contributed by atoms with Crippen LogP contribution in [-0.4, -0.2) is 36.5 Å². The first-order valence-corrected chi connectivity index (χ1v) is 5.55. The minimum Gasteiger partial charge on any atom is -0.548 e. The molecule has 1 amide bonds. The quantitative estimate of drug-likeness (QED) is 0.356. The molecular weight excluding hydrogens is 236 g/mol. The van der Waals surface area contributed by atoms with Crippen molar-refractivity contribution < 1.29 is 48.6 Å². The van der Waals surface area contributed by atoms with E-state index in [4.69, 9.17) is 0 Å². The van der Waals surface area contributed by atoms with E-state index in [0.29, 0.717) is 6.42 Å². The number of aliphatic carboxylic acids is 1. The Balaban J connectivity index is 0. The van der Waals surface area contributed by atoms with Gasteiger partial charge in [-0.25, -0.2) is 4.39 Å². The standard InChI is InChI=1S/C11H20FNO3.Na/c1-3-4-5-6-9(12)7-10(14)13(2)8-11(15)16;/h9H,3-8H2,1-2H3,(H,15,16);/q;+1/p-1. The van der Waals surface area contributed by atoms with Crippen LogP contribution in [0.2, 0.25) is 0 Å². The Morgan fingerprint density at radius 1 is 1.35 bits per heavy atom. The first kappa shape index (κ1) is 19.2. The Morgan fingerprint density at radius 3 is 2.41 bits per heavy atom. The average Bonchev–Trinajstić information content (AvgIpc) is 2.16. The van der Waals surface area contributed by atoms with Crippen molar-refractivity contribution in [2.45, 2.75) is 45.2 Å². The first-order valence-electron chi connectivity index (χ1n) is 5.55. The number of alkyl halides is 1. The number of unbranched alkanes of at least 4 members (excludes halogenated alkanes) is 2. The van der Waals surface area contributed by atoms with Crippen molar-refractivity contribution in [3.05, 3.63) is 0 Å². The third-order valence-corrected chi connectivity index (χ3v) is 2.31. The number of hydrogen-bond acceptors (Lipinski definition) is 3. The van der Waals surface area contributed by atoms with Crippen LogP contribution in [0.4, 0.5) is 4.39 Å². The number of carboxylic acid groups (broad SMARTS) is 1. The van der Waals surface area contributed by atoms with Crippen molar-refractivity contribution in [1.82, 2.24) is 4.90 Å². The van der Waals surface area contributed by atoms with Gasteiger partial charge in [0.15, 0.2) is 0 Å². The fourth-order valence-corrected chi connectivity index (χ4v) is 1.35. The normalized spacial score (nSPS) is 11.5. The van der Waals surface area contributed by atoms with Gasteiger partial charge in [0.05, 0.1) is 18.9 Å². The van der Waals surface area contributed by atoms with Crippen LogP contribution in [0, 0.1) is 0 Å². The molecule has 0 aromatic carbocycles. The fourth-order valence-electron chi connectivity index (χ4n) is 1.35. The van der Waals surface area contributed by atoms with Crippen LogP contribution < -0.4 is 34.7 Å². The summed E-state index contributed by atoms with van der Waals surface area (Å²) >= 11 is 0. The Bertz CT molecular complexity index is 239. The number of halogens is 1. The molecule has 0 heterocycles. The Morgan fingerprint density at radius 2 is 1.94 bits per heavy atom. The summed E-state index contributed by atoms with van der Waals surface area (Å²) in [5.41, 5.74) is 0. The second-order valence-electron chi connectivity index (χ2n) is 3.92. The summed E-state index contributed by atoms with van der Waals surface area (Å²) < 4.78 is 13.3. The van der Waals surface area contributed by atoms with Gasteiger partial charge in [0, 0.05) is 7.05 Å². The molecule has 0 rings (SSSR count). The number of carbonyl (C=O) groups is 2. The Hall–Kier alpha value is -0.130. The number of amides is 1. The molecule has 0 aromatic rings. The molecule has 94 valence electrons. The van der Waals surface area contributed by atoms with Gasteiger partial charge in [-0.05, 0) is 6.42 Å². The second-order valence-corrected chi connectivity index (χ2v) is 3.92. The van der Waals surface area contributed by atoms with Crippen LogP contribution in [0.5, 0.6) is 0 Å². The molecule has 4 nitrogen and oxygen atoms in total. The van der Waals surface area contributed by atoms with E-state index in [1.54, 1.807) is 0 Å². The van der Waals surface area contributed by atoms with E-state index in [2.05, 4.69) is 0 Å². The van der Waals surface area contributed by atoms with E-state index in [0.717, 1.165) is 24.2 Å². The van der Waals surface area contributed by atoms with E-state index in [1.807, 2.05) is 6.92 Å². The van der Waals surface area contributed by atoms with Gasteiger partial charge in [-0.3, -0.25) is 4.79 Å². The van der Waals surface area contributed by atoms with Crippen molar-refractivity contribution >= 4 is 11.9 Å². The molecular formula is C11H19FNNaO3. The van der Waals surface area contributed by atoms with Gasteiger partial charge in [0.25, 0.3) is 0 Å². The monoisotopic (exact) mass is 255 g/mol. The molecule has 0 fully saturated rings. The number of carboxylic acids is 1. The minimum atomic E-state index is -1.34. The topological polar surface area (TPSA) is 60.4 Å². The molecule has 0 saturated carbocycles. The SMILES string of the molecule is CCCCCC(F)CC(=O)N(C)CC(=O)[O-].[Na+]. The summed E-state index contributed by atoms with van der Waals surface area (Å²) in [7, 11) is 1.33. The predicted octanol–water partition coefficient (Wildman–Crippen LogP) is -2.49. The van der Waals surface area contributed by atoms with E-state index >= 15 is 0 Å². The summed E-state index contributed by atoms with van der Waals surface area (Å²) in [6, 6.07) is 0. The van der Waals surface area contributed by atoms with Crippen LogP contribution in [0.15, 0.2) is 0 Å². The summed E-state index contributed by atoms with van der Waals surface area (Å²) in [6.45, 7) is 1.53. The Labute approximate surface area is 124 Å². The van der Waals surface area contributed by atoms with E-state index in [9.17, 15) is 19.1 Å². The third-order valence-electron chi connectivity index (χ3n) is 2.31. The maximum Gasteiger partial charge on any atom is 1.00 e.